The van der Waals surface area contributed by atoms with Crippen LogP contribution in [-0.4, -0.2) is 44.5 Å². The molecule has 31 heavy (non-hydrogen) atoms. The second kappa shape index (κ2) is 7.83. The van der Waals surface area contributed by atoms with Gasteiger partial charge >= 0.3 is 0 Å². The number of nitrogens with one attached hydrogen (secondary N) is 1. The van der Waals surface area contributed by atoms with E-state index >= 15 is 0 Å². The van der Waals surface area contributed by atoms with Crippen LogP contribution < -0.4 is 5.32 Å². The first-order valence-corrected chi connectivity index (χ1v) is 9.45. The summed E-state index contributed by atoms with van der Waals surface area (Å²) in [5.41, 5.74) is 1.62. The summed E-state index contributed by atoms with van der Waals surface area (Å²) in [7, 11) is 1.74. The van der Waals surface area contributed by atoms with E-state index in [4.69, 9.17) is 0 Å². The minimum atomic E-state index is -0.452. The van der Waals surface area contributed by atoms with Crippen molar-refractivity contribution in [2.24, 2.45) is 7.05 Å². The van der Waals surface area contributed by atoms with Gasteiger partial charge in [-0.05, 0) is 42.5 Å². The molecule has 4 rings (SSSR count). The zero-order valence-corrected chi connectivity index (χ0v) is 16.7. The van der Waals surface area contributed by atoms with Gasteiger partial charge in [-0.2, -0.15) is 0 Å². The molecule has 8 heteroatoms. The molecule has 0 saturated heterocycles. The predicted molar refractivity (Wildman–Crippen MR) is 113 cm³/mol. The molecule has 0 radical (unpaired) electrons. The van der Waals surface area contributed by atoms with Gasteiger partial charge in [0.25, 0.3) is 17.7 Å². The number of carbonyl (C=O) groups excluding carboxylic acids is 4. The van der Waals surface area contributed by atoms with Crippen molar-refractivity contribution in [1.29, 1.82) is 0 Å². The van der Waals surface area contributed by atoms with E-state index in [9.17, 15) is 19.2 Å². The smallest absolute Gasteiger partial charge is 0.261 e. The third-order valence-electron chi connectivity index (χ3n) is 4.97. The Labute approximate surface area is 177 Å². The lowest BCUT2D eigenvalue weighted by Gasteiger charge is -2.09. The first-order valence-electron chi connectivity index (χ1n) is 9.45. The van der Waals surface area contributed by atoms with Crippen molar-refractivity contribution < 1.29 is 19.2 Å². The zero-order chi connectivity index (χ0) is 22.1. The minimum absolute atomic E-state index is 0.108. The lowest BCUT2D eigenvalue weighted by atomic mass is 10.0. The second-order valence-corrected chi connectivity index (χ2v) is 6.99. The zero-order valence-electron chi connectivity index (χ0n) is 16.7. The number of benzene rings is 2. The van der Waals surface area contributed by atoms with E-state index in [1.165, 1.54) is 24.3 Å². The van der Waals surface area contributed by atoms with Crippen molar-refractivity contribution in [1.82, 2.24) is 14.5 Å². The quantitative estimate of drug-likeness (QED) is 0.380. The maximum Gasteiger partial charge on any atom is 0.261 e. The Bertz CT molecular complexity index is 1240. The number of aryl methyl sites for hydroxylation is 1. The van der Waals surface area contributed by atoms with Crippen molar-refractivity contribution >= 4 is 29.2 Å². The third-order valence-corrected chi connectivity index (χ3v) is 4.97. The topological polar surface area (TPSA) is 101 Å². The average Bonchev–Trinajstić information content (AvgIpc) is 3.30. The van der Waals surface area contributed by atoms with Crippen LogP contribution in [0, 0.1) is 0 Å². The molecule has 0 fully saturated rings. The molecule has 1 aliphatic heterocycles. The molecule has 0 aliphatic carbocycles. The summed E-state index contributed by atoms with van der Waals surface area (Å²) in [5.74, 6) is -1.20. The molecule has 1 aliphatic rings. The monoisotopic (exact) mass is 414 g/mol. The van der Waals surface area contributed by atoms with Crippen molar-refractivity contribution in [2.75, 3.05) is 11.9 Å². The summed E-state index contributed by atoms with van der Waals surface area (Å²) in [6.45, 7) is 3.66. The lowest BCUT2D eigenvalue weighted by Crippen LogP contribution is -2.29. The van der Waals surface area contributed by atoms with Gasteiger partial charge in [-0.15, -0.1) is 6.58 Å². The van der Waals surface area contributed by atoms with Crippen LogP contribution in [0.5, 0.6) is 0 Å². The van der Waals surface area contributed by atoms with Gasteiger partial charge < -0.3 is 9.88 Å². The molecule has 1 aromatic heterocycles. The van der Waals surface area contributed by atoms with E-state index in [0.717, 1.165) is 4.90 Å². The van der Waals surface area contributed by atoms with Gasteiger partial charge in [0.15, 0.2) is 5.82 Å². The van der Waals surface area contributed by atoms with Crippen molar-refractivity contribution in [2.45, 2.75) is 0 Å². The highest BCUT2D eigenvalue weighted by Gasteiger charge is 2.35. The molecule has 0 saturated carbocycles. The largest absolute Gasteiger partial charge is 0.331 e. The Kier molecular flexibility index (Phi) is 5.04. The maximum absolute atomic E-state index is 12.6. The lowest BCUT2D eigenvalue weighted by molar-refractivity contribution is 0.0671. The summed E-state index contributed by atoms with van der Waals surface area (Å²) < 4.78 is 1.63. The molecular formula is C23H18N4O4. The van der Waals surface area contributed by atoms with Crippen LogP contribution in [0.1, 0.15) is 47.3 Å². The van der Waals surface area contributed by atoms with Crippen LogP contribution in [0.4, 0.5) is 5.69 Å². The Morgan fingerprint density at radius 2 is 1.71 bits per heavy atom. The van der Waals surface area contributed by atoms with Gasteiger partial charge in [0.05, 0.1) is 11.1 Å². The van der Waals surface area contributed by atoms with Crippen LogP contribution in [0.3, 0.4) is 0 Å². The maximum atomic E-state index is 12.6. The van der Waals surface area contributed by atoms with Gasteiger partial charge in [-0.25, -0.2) is 4.98 Å². The highest BCUT2D eigenvalue weighted by molar-refractivity contribution is 6.22. The summed E-state index contributed by atoms with van der Waals surface area (Å²) in [6, 6.07) is 10.8. The Balaban J connectivity index is 1.50. The first kappa shape index (κ1) is 20.0. The van der Waals surface area contributed by atoms with Gasteiger partial charge in [0.1, 0.15) is 0 Å². The molecule has 0 bridgehead atoms. The van der Waals surface area contributed by atoms with E-state index in [1.54, 1.807) is 48.3 Å². The van der Waals surface area contributed by atoms with Crippen LogP contribution in [0.15, 0.2) is 67.5 Å². The van der Waals surface area contributed by atoms with Crippen molar-refractivity contribution in [3.63, 3.8) is 0 Å². The molecular weight excluding hydrogens is 396 g/mol. The van der Waals surface area contributed by atoms with Crippen LogP contribution in [-0.2, 0) is 7.05 Å². The number of rotatable bonds is 6. The van der Waals surface area contributed by atoms with Crippen molar-refractivity contribution in [3.8, 4) is 0 Å². The summed E-state index contributed by atoms with van der Waals surface area (Å²) >= 11 is 0. The van der Waals surface area contributed by atoms with Crippen LogP contribution in [0.25, 0.3) is 0 Å². The number of imidazole rings is 1. The number of aromatic nitrogens is 2. The number of nitrogens with zero attached hydrogens (tertiary/aromatic N) is 3. The van der Waals surface area contributed by atoms with Gasteiger partial charge in [-0.3, -0.25) is 24.1 Å². The number of anilines is 1. The second-order valence-electron chi connectivity index (χ2n) is 6.99. The first-order chi connectivity index (χ1) is 14.9. The van der Waals surface area contributed by atoms with Gasteiger partial charge in [0.2, 0.25) is 5.78 Å². The number of hydrogen-bond acceptors (Lipinski definition) is 5. The fraction of sp³-hybridized carbons (Fsp3) is 0.0870. The fourth-order valence-corrected chi connectivity index (χ4v) is 3.35. The highest BCUT2D eigenvalue weighted by Crippen LogP contribution is 2.24. The SMILES string of the molecule is C=CCN1C(=O)c2ccc(C(=O)Nc3ccc(C(=O)c4nccn4C)cc3)cc2C1=O. The summed E-state index contributed by atoms with van der Waals surface area (Å²) in [4.78, 5) is 55.0. The van der Waals surface area contributed by atoms with Gasteiger partial charge in [0, 0.05) is 42.8 Å². The van der Waals surface area contributed by atoms with E-state index in [2.05, 4.69) is 16.9 Å². The number of hydrogen-bond donors (Lipinski definition) is 1. The molecule has 3 amide bonds. The molecule has 8 nitrogen and oxygen atoms in total. The average molecular weight is 414 g/mol. The molecule has 154 valence electrons. The van der Waals surface area contributed by atoms with E-state index < -0.39 is 17.7 Å². The van der Waals surface area contributed by atoms with E-state index in [1.807, 2.05) is 0 Å². The van der Waals surface area contributed by atoms with Crippen molar-refractivity contribution in [3.05, 3.63) is 95.6 Å². The summed E-state index contributed by atoms with van der Waals surface area (Å²) in [5, 5.41) is 2.73. The molecule has 2 heterocycles. The van der Waals surface area contributed by atoms with E-state index in [-0.39, 0.29) is 29.0 Å². The van der Waals surface area contributed by atoms with Crippen LogP contribution >= 0.6 is 0 Å². The number of imide groups is 1. The molecule has 1 N–H and O–H groups in total. The van der Waals surface area contributed by atoms with Gasteiger partial charge in [-0.1, -0.05) is 6.08 Å². The summed E-state index contributed by atoms with van der Waals surface area (Å²) in [6.07, 6.45) is 4.71. The predicted octanol–water partition coefficient (Wildman–Crippen LogP) is 2.69. The number of fused-ring (bicyclic) bond motifs is 1. The Hall–Kier alpha value is -4.33. The molecule has 0 unspecified atom stereocenters. The van der Waals surface area contributed by atoms with E-state index in [0.29, 0.717) is 17.1 Å². The Morgan fingerprint density at radius 3 is 2.35 bits per heavy atom. The van der Waals surface area contributed by atoms with Crippen LogP contribution in [0.2, 0.25) is 0 Å². The molecule has 3 aromatic rings. The molecule has 2 aromatic carbocycles. The fourth-order valence-electron chi connectivity index (χ4n) is 3.35. The third kappa shape index (κ3) is 3.55. The minimum Gasteiger partial charge on any atom is -0.331 e. The number of carbonyl (C=O) groups is 4. The molecule has 0 spiro atoms. The highest BCUT2D eigenvalue weighted by atomic mass is 16.2. The Morgan fingerprint density at radius 1 is 1.03 bits per heavy atom. The number of amides is 3. The molecule has 0 atom stereocenters. The number of ketones is 1. The normalized spacial score (nSPS) is 12.6. The standard InChI is InChI=1S/C23H18N4O4/c1-3-11-27-22(30)17-9-6-15(13-18(17)23(27)31)21(29)25-16-7-4-14(5-8-16)19(28)20-24-10-12-26(20)2/h3-10,12-13H,1,11H2,2H3,(H,25,29).